The van der Waals surface area contributed by atoms with Crippen LogP contribution in [0.2, 0.25) is 0 Å². The van der Waals surface area contributed by atoms with Crippen LogP contribution in [0, 0.1) is 5.82 Å². The van der Waals surface area contributed by atoms with Crippen LogP contribution in [-0.4, -0.2) is 85.4 Å². The number of nitrogens with zero attached hydrogens (tertiary/aromatic N) is 7. The molecule has 0 unspecified atom stereocenters. The number of fused-ring (bicyclic) bond motifs is 1. The summed E-state index contributed by atoms with van der Waals surface area (Å²) in [4.78, 5) is 41.1. The summed E-state index contributed by atoms with van der Waals surface area (Å²) in [6, 6.07) is 5.90. The van der Waals surface area contributed by atoms with E-state index in [-0.39, 0.29) is 47.4 Å². The van der Waals surface area contributed by atoms with Gasteiger partial charge < -0.3 is 28.9 Å². The SMILES string of the molecule is CC(C)N(C(=O)c1cc(F)ccc1Oc1nncnc1N1CCC(Oc2ccnc3c2CN(C(=O)OC(C)(C)C)CC3)CC1)C1CCC1. The molecule has 1 saturated heterocycles. The summed E-state index contributed by atoms with van der Waals surface area (Å²) in [6.07, 6.45) is 7.65. The van der Waals surface area contributed by atoms with Crippen LogP contribution >= 0.6 is 0 Å². The highest BCUT2D eigenvalue weighted by molar-refractivity contribution is 5.97. The highest BCUT2D eigenvalue weighted by Gasteiger charge is 2.34. The third-order valence-corrected chi connectivity index (χ3v) is 8.97. The molecule has 1 saturated carbocycles. The number of hydrogen-bond acceptors (Lipinski definition) is 10. The van der Waals surface area contributed by atoms with E-state index in [4.69, 9.17) is 14.2 Å². The summed E-state index contributed by atoms with van der Waals surface area (Å²) in [7, 11) is 0. The first-order valence-corrected chi connectivity index (χ1v) is 16.8. The highest BCUT2D eigenvalue weighted by Crippen LogP contribution is 2.36. The fraction of sp³-hybridized carbons (Fsp3) is 0.543. The standard InChI is InChI=1S/C35H44FN7O5/c1-22(2)43(24-7-6-8-24)33(44)26-19-23(36)9-10-29(26)47-32-31(38-21-39-40-32)41-16-12-25(13-17-41)46-30-11-15-37-28-14-18-42(20-27(28)30)34(45)48-35(3,4)5/h9-11,15,19,21-22,24-25H,6-8,12-14,16-18,20H2,1-5H3. The second-order valence-electron chi connectivity index (χ2n) is 13.9. The summed E-state index contributed by atoms with van der Waals surface area (Å²) in [5, 5.41) is 8.16. The van der Waals surface area contributed by atoms with Gasteiger partial charge in [-0.2, -0.15) is 0 Å². The van der Waals surface area contributed by atoms with E-state index in [9.17, 15) is 14.0 Å². The molecule has 48 heavy (non-hydrogen) atoms. The third kappa shape index (κ3) is 7.44. The van der Waals surface area contributed by atoms with Gasteiger partial charge in [-0.3, -0.25) is 9.78 Å². The first-order valence-electron chi connectivity index (χ1n) is 16.8. The molecule has 2 fully saturated rings. The maximum absolute atomic E-state index is 14.5. The number of pyridine rings is 1. The fourth-order valence-electron chi connectivity index (χ4n) is 6.40. The summed E-state index contributed by atoms with van der Waals surface area (Å²) in [6.45, 7) is 11.6. The molecule has 0 atom stereocenters. The number of ether oxygens (including phenoxy) is 3. The summed E-state index contributed by atoms with van der Waals surface area (Å²) >= 11 is 0. The average Bonchev–Trinajstić information content (AvgIpc) is 3.03. The molecule has 1 aliphatic carbocycles. The van der Waals surface area contributed by atoms with E-state index in [2.05, 4.69) is 25.1 Å². The quantitative estimate of drug-likeness (QED) is 0.287. The summed E-state index contributed by atoms with van der Waals surface area (Å²) < 4.78 is 32.8. The molecule has 256 valence electrons. The zero-order valence-corrected chi connectivity index (χ0v) is 28.3. The lowest BCUT2D eigenvalue weighted by atomic mass is 9.90. The van der Waals surface area contributed by atoms with Gasteiger partial charge in [0.2, 0.25) is 0 Å². The van der Waals surface area contributed by atoms with Gasteiger partial charge in [-0.25, -0.2) is 14.2 Å². The smallest absolute Gasteiger partial charge is 0.410 e. The summed E-state index contributed by atoms with van der Waals surface area (Å²) in [5.41, 5.74) is 1.41. The van der Waals surface area contributed by atoms with Crippen molar-refractivity contribution in [1.29, 1.82) is 0 Å². The van der Waals surface area contributed by atoms with E-state index in [1.165, 1.54) is 24.5 Å². The topological polar surface area (TPSA) is 123 Å². The predicted molar refractivity (Wildman–Crippen MR) is 176 cm³/mol. The minimum absolute atomic E-state index is 0.0438. The van der Waals surface area contributed by atoms with Crippen LogP contribution in [-0.2, 0) is 17.7 Å². The second kappa shape index (κ2) is 13.9. The van der Waals surface area contributed by atoms with Crippen LogP contribution in [0.4, 0.5) is 15.0 Å². The maximum Gasteiger partial charge on any atom is 0.410 e. The molecule has 0 bridgehead atoms. The molecule has 1 aromatic carbocycles. The number of benzene rings is 1. The highest BCUT2D eigenvalue weighted by atomic mass is 19.1. The van der Waals surface area contributed by atoms with Gasteiger partial charge in [0, 0.05) is 62.7 Å². The zero-order valence-electron chi connectivity index (χ0n) is 28.3. The van der Waals surface area contributed by atoms with Crippen molar-refractivity contribution in [3.8, 4) is 17.4 Å². The number of carbonyl (C=O) groups is 2. The fourth-order valence-corrected chi connectivity index (χ4v) is 6.40. The lowest BCUT2D eigenvalue weighted by Crippen LogP contribution is -2.48. The number of halogens is 1. The van der Waals surface area contributed by atoms with Crippen molar-refractivity contribution in [1.82, 2.24) is 30.0 Å². The van der Waals surface area contributed by atoms with Gasteiger partial charge in [0.05, 0.1) is 17.8 Å². The van der Waals surface area contributed by atoms with Crippen LogP contribution < -0.4 is 14.4 Å². The van der Waals surface area contributed by atoms with Crippen LogP contribution in [0.5, 0.6) is 17.4 Å². The zero-order chi connectivity index (χ0) is 34.0. The first-order chi connectivity index (χ1) is 23.0. The number of hydrogen-bond donors (Lipinski definition) is 0. The monoisotopic (exact) mass is 661 g/mol. The molecule has 6 rings (SSSR count). The Hall–Kier alpha value is -4.55. The minimum Gasteiger partial charge on any atom is -0.490 e. The number of amides is 2. The molecular weight excluding hydrogens is 617 g/mol. The molecule has 12 nitrogen and oxygen atoms in total. The first kappa shape index (κ1) is 33.4. The van der Waals surface area contributed by atoms with Crippen LogP contribution in [0.25, 0.3) is 0 Å². The molecule has 0 spiro atoms. The molecular formula is C35H44FN7O5. The van der Waals surface area contributed by atoms with Crippen molar-refractivity contribution < 1.29 is 28.2 Å². The second-order valence-corrected chi connectivity index (χ2v) is 13.9. The van der Waals surface area contributed by atoms with Gasteiger partial charge in [-0.05, 0) is 78.1 Å². The maximum atomic E-state index is 14.5. The van der Waals surface area contributed by atoms with E-state index >= 15 is 0 Å². The third-order valence-electron chi connectivity index (χ3n) is 8.97. The lowest BCUT2D eigenvalue weighted by molar-refractivity contribution is 0.0219. The van der Waals surface area contributed by atoms with Gasteiger partial charge >= 0.3 is 6.09 Å². The van der Waals surface area contributed by atoms with Gasteiger partial charge in [0.25, 0.3) is 11.8 Å². The van der Waals surface area contributed by atoms with E-state index in [1.54, 1.807) is 11.1 Å². The van der Waals surface area contributed by atoms with E-state index in [0.717, 1.165) is 36.3 Å². The van der Waals surface area contributed by atoms with Crippen molar-refractivity contribution in [2.45, 2.75) is 103 Å². The van der Waals surface area contributed by atoms with Gasteiger partial charge in [0.15, 0.2) is 5.82 Å². The molecule has 0 N–H and O–H groups in total. The summed E-state index contributed by atoms with van der Waals surface area (Å²) in [5.74, 6) is 0.771. The Morgan fingerprint density at radius 3 is 2.48 bits per heavy atom. The lowest BCUT2D eigenvalue weighted by Gasteiger charge is -2.40. The molecule has 3 aromatic rings. The van der Waals surface area contributed by atoms with E-state index in [1.807, 2.05) is 45.6 Å². The number of anilines is 1. The Morgan fingerprint density at radius 2 is 1.79 bits per heavy atom. The Bertz CT molecular complexity index is 1640. The van der Waals surface area contributed by atoms with Crippen molar-refractivity contribution >= 4 is 17.8 Å². The van der Waals surface area contributed by atoms with Crippen molar-refractivity contribution in [3.05, 3.63) is 59.4 Å². The minimum atomic E-state index is -0.576. The Balaban J connectivity index is 1.13. The Labute approximate surface area is 280 Å². The van der Waals surface area contributed by atoms with Crippen LogP contribution in [0.3, 0.4) is 0 Å². The number of carbonyl (C=O) groups excluding carboxylic acids is 2. The molecule has 2 aliphatic heterocycles. The largest absolute Gasteiger partial charge is 0.490 e. The van der Waals surface area contributed by atoms with Crippen molar-refractivity contribution in [2.24, 2.45) is 0 Å². The van der Waals surface area contributed by atoms with Crippen molar-refractivity contribution in [2.75, 3.05) is 24.5 Å². The normalized spacial score (nSPS) is 17.1. The number of rotatable bonds is 8. The van der Waals surface area contributed by atoms with Gasteiger partial charge in [0.1, 0.15) is 35.3 Å². The molecule has 2 amide bonds. The molecule has 4 heterocycles. The van der Waals surface area contributed by atoms with E-state index < -0.39 is 11.4 Å². The molecule has 3 aliphatic rings. The predicted octanol–water partition coefficient (Wildman–Crippen LogP) is 5.94. The Morgan fingerprint density at radius 1 is 1.02 bits per heavy atom. The van der Waals surface area contributed by atoms with Crippen LogP contribution in [0.1, 0.15) is 88.3 Å². The van der Waals surface area contributed by atoms with Gasteiger partial charge in [-0.1, -0.05) is 0 Å². The molecule has 2 aromatic heterocycles. The number of aromatic nitrogens is 4. The number of piperidine rings is 1. The van der Waals surface area contributed by atoms with Gasteiger partial charge in [-0.15, -0.1) is 10.2 Å². The Kier molecular flexibility index (Phi) is 9.66. The van der Waals surface area contributed by atoms with Crippen molar-refractivity contribution in [3.63, 3.8) is 0 Å². The molecule has 0 radical (unpaired) electrons. The van der Waals surface area contributed by atoms with Crippen LogP contribution in [0.15, 0.2) is 36.8 Å². The van der Waals surface area contributed by atoms with E-state index in [0.29, 0.717) is 51.3 Å². The molecule has 13 heteroatoms. The average molecular weight is 662 g/mol.